The van der Waals surface area contributed by atoms with Crippen molar-refractivity contribution < 1.29 is 10.0 Å². The molecule has 0 heterocycles. The number of nitrogens with zero attached hydrogens (tertiary/aromatic N) is 3. The highest BCUT2D eigenvalue weighted by molar-refractivity contribution is 5.60. The third-order valence-corrected chi connectivity index (χ3v) is 4.65. The van der Waals surface area contributed by atoms with Gasteiger partial charge in [0.2, 0.25) is 0 Å². The number of nitro groups is 1. The largest absolute Gasteiger partial charge is 0.505 e. The molecule has 6 heteroatoms. The third-order valence-electron chi connectivity index (χ3n) is 4.65. The standard InChI is InChI=1S/C19H21N3O3/c1-13-11-15(14-7-3-2-4-8-14)19(23)17(12-13)21-20-16-9-5-6-10-18(16)22(24)25/h5-6,9-12,14,23H,2-4,7-8H2,1H3. The van der Waals surface area contributed by atoms with Crippen molar-refractivity contribution in [1.29, 1.82) is 0 Å². The normalized spacial score (nSPS) is 15.6. The summed E-state index contributed by atoms with van der Waals surface area (Å²) >= 11 is 0. The van der Waals surface area contributed by atoms with E-state index in [1.165, 1.54) is 31.4 Å². The summed E-state index contributed by atoms with van der Waals surface area (Å²) in [6, 6.07) is 9.94. The van der Waals surface area contributed by atoms with E-state index >= 15 is 0 Å². The van der Waals surface area contributed by atoms with Gasteiger partial charge >= 0.3 is 0 Å². The molecule has 0 aromatic heterocycles. The Morgan fingerprint density at radius 3 is 2.48 bits per heavy atom. The molecule has 1 aliphatic rings. The molecular formula is C19H21N3O3. The van der Waals surface area contributed by atoms with Crippen LogP contribution in [-0.2, 0) is 0 Å². The number of aryl methyl sites for hydroxylation is 1. The van der Waals surface area contributed by atoms with Crippen molar-refractivity contribution in [3.63, 3.8) is 0 Å². The first-order valence-corrected chi connectivity index (χ1v) is 8.55. The lowest BCUT2D eigenvalue weighted by Gasteiger charge is -2.23. The fourth-order valence-electron chi connectivity index (χ4n) is 3.40. The zero-order valence-corrected chi connectivity index (χ0v) is 14.2. The molecule has 0 bridgehead atoms. The summed E-state index contributed by atoms with van der Waals surface area (Å²) in [5, 5.41) is 29.8. The van der Waals surface area contributed by atoms with E-state index in [1.807, 2.05) is 13.0 Å². The van der Waals surface area contributed by atoms with Gasteiger partial charge in [-0.15, -0.1) is 10.2 Å². The van der Waals surface area contributed by atoms with Crippen LogP contribution in [0.5, 0.6) is 5.75 Å². The van der Waals surface area contributed by atoms with Gasteiger partial charge in [-0.1, -0.05) is 37.5 Å². The third kappa shape index (κ3) is 3.84. The fraction of sp³-hybridized carbons (Fsp3) is 0.368. The molecule has 0 unspecified atom stereocenters. The monoisotopic (exact) mass is 339 g/mol. The molecule has 1 aliphatic carbocycles. The van der Waals surface area contributed by atoms with Crippen molar-refractivity contribution in [3.05, 3.63) is 57.6 Å². The van der Waals surface area contributed by atoms with Gasteiger partial charge in [-0.05, 0) is 48.9 Å². The van der Waals surface area contributed by atoms with E-state index in [-0.39, 0.29) is 17.1 Å². The number of benzene rings is 2. The van der Waals surface area contributed by atoms with Crippen LogP contribution in [-0.4, -0.2) is 10.0 Å². The van der Waals surface area contributed by atoms with Crippen molar-refractivity contribution in [1.82, 2.24) is 0 Å². The number of rotatable bonds is 4. The van der Waals surface area contributed by atoms with E-state index in [2.05, 4.69) is 10.2 Å². The maximum atomic E-state index is 11.1. The lowest BCUT2D eigenvalue weighted by Crippen LogP contribution is -2.05. The van der Waals surface area contributed by atoms with Crippen LogP contribution < -0.4 is 0 Å². The van der Waals surface area contributed by atoms with Crippen molar-refractivity contribution in [2.24, 2.45) is 10.2 Å². The molecule has 0 amide bonds. The lowest BCUT2D eigenvalue weighted by atomic mass is 9.83. The van der Waals surface area contributed by atoms with Crippen LogP contribution in [0.3, 0.4) is 0 Å². The van der Waals surface area contributed by atoms with E-state index < -0.39 is 4.92 Å². The number of phenolic OH excluding ortho intramolecular Hbond substituents is 1. The maximum absolute atomic E-state index is 11.1. The molecule has 1 fully saturated rings. The van der Waals surface area contributed by atoms with E-state index in [0.717, 1.165) is 24.0 Å². The van der Waals surface area contributed by atoms with Crippen LogP contribution in [0, 0.1) is 17.0 Å². The zero-order chi connectivity index (χ0) is 17.8. The Kier molecular flexibility index (Phi) is 5.07. The number of phenols is 1. The Bertz CT molecular complexity index is 812. The maximum Gasteiger partial charge on any atom is 0.296 e. The number of hydrogen-bond acceptors (Lipinski definition) is 5. The summed E-state index contributed by atoms with van der Waals surface area (Å²) in [5.41, 5.74) is 2.34. The van der Waals surface area contributed by atoms with E-state index in [9.17, 15) is 15.2 Å². The molecule has 0 radical (unpaired) electrons. The summed E-state index contributed by atoms with van der Waals surface area (Å²) in [4.78, 5) is 10.6. The minimum absolute atomic E-state index is 0.106. The highest BCUT2D eigenvalue weighted by atomic mass is 16.6. The predicted molar refractivity (Wildman–Crippen MR) is 95.9 cm³/mol. The van der Waals surface area contributed by atoms with Gasteiger partial charge in [-0.25, -0.2) is 0 Å². The average molecular weight is 339 g/mol. The molecule has 1 N–H and O–H groups in total. The summed E-state index contributed by atoms with van der Waals surface area (Å²) in [5.74, 6) is 0.480. The molecule has 130 valence electrons. The Morgan fingerprint density at radius 1 is 1.08 bits per heavy atom. The molecule has 2 aromatic carbocycles. The number of para-hydroxylation sites is 1. The van der Waals surface area contributed by atoms with Crippen molar-refractivity contribution in [3.8, 4) is 5.75 Å². The van der Waals surface area contributed by atoms with Crippen LogP contribution >= 0.6 is 0 Å². The molecule has 6 nitrogen and oxygen atoms in total. The van der Waals surface area contributed by atoms with Crippen LogP contribution in [0.25, 0.3) is 0 Å². The first-order chi connectivity index (χ1) is 12.1. The minimum Gasteiger partial charge on any atom is -0.505 e. The first kappa shape index (κ1) is 17.1. The van der Waals surface area contributed by atoms with E-state index in [4.69, 9.17) is 0 Å². The Hall–Kier alpha value is -2.76. The van der Waals surface area contributed by atoms with Gasteiger partial charge in [0.05, 0.1) is 4.92 Å². The molecular weight excluding hydrogens is 318 g/mol. The Morgan fingerprint density at radius 2 is 1.76 bits per heavy atom. The molecule has 0 aliphatic heterocycles. The smallest absolute Gasteiger partial charge is 0.296 e. The van der Waals surface area contributed by atoms with Gasteiger partial charge in [0.1, 0.15) is 11.4 Å². The fourth-order valence-corrected chi connectivity index (χ4v) is 3.40. The quantitative estimate of drug-likeness (QED) is 0.416. The summed E-state index contributed by atoms with van der Waals surface area (Å²) in [7, 11) is 0. The highest BCUT2D eigenvalue weighted by Gasteiger charge is 2.21. The van der Waals surface area contributed by atoms with E-state index in [0.29, 0.717) is 11.6 Å². The molecule has 3 rings (SSSR count). The summed E-state index contributed by atoms with van der Waals surface area (Å²) in [6.07, 6.45) is 5.72. The van der Waals surface area contributed by atoms with E-state index in [1.54, 1.807) is 18.2 Å². The van der Waals surface area contributed by atoms with Gasteiger partial charge in [-0.2, -0.15) is 0 Å². The molecule has 0 atom stereocenters. The van der Waals surface area contributed by atoms with Crippen molar-refractivity contribution in [2.75, 3.05) is 0 Å². The molecule has 1 saturated carbocycles. The number of aromatic hydroxyl groups is 1. The van der Waals surface area contributed by atoms with Crippen molar-refractivity contribution >= 4 is 17.1 Å². The van der Waals surface area contributed by atoms with Crippen LogP contribution in [0.15, 0.2) is 46.6 Å². The summed E-state index contributed by atoms with van der Waals surface area (Å²) < 4.78 is 0. The second-order valence-corrected chi connectivity index (χ2v) is 6.50. The predicted octanol–water partition coefficient (Wildman–Crippen LogP) is 6.07. The number of azo groups is 1. The topological polar surface area (TPSA) is 88.1 Å². The van der Waals surface area contributed by atoms with Crippen LogP contribution in [0.2, 0.25) is 0 Å². The summed E-state index contributed by atoms with van der Waals surface area (Å²) in [6.45, 7) is 1.95. The lowest BCUT2D eigenvalue weighted by molar-refractivity contribution is -0.384. The Balaban J connectivity index is 1.95. The molecule has 2 aromatic rings. The molecule has 0 saturated heterocycles. The number of nitro benzene ring substituents is 1. The van der Waals surface area contributed by atoms with Crippen molar-refractivity contribution in [2.45, 2.75) is 44.9 Å². The van der Waals surface area contributed by atoms with Gasteiger partial charge in [0.15, 0.2) is 5.69 Å². The Labute approximate surface area is 146 Å². The average Bonchev–Trinajstić information content (AvgIpc) is 2.63. The molecule has 0 spiro atoms. The van der Waals surface area contributed by atoms with Crippen LogP contribution in [0.1, 0.15) is 49.1 Å². The van der Waals surface area contributed by atoms with Gasteiger partial charge in [0, 0.05) is 6.07 Å². The second kappa shape index (κ2) is 7.42. The van der Waals surface area contributed by atoms with Gasteiger partial charge in [0.25, 0.3) is 5.69 Å². The van der Waals surface area contributed by atoms with Crippen LogP contribution in [0.4, 0.5) is 17.1 Å². The van der Waals surface area contributed by atoms with Gasteiger partial charge in [-0.3, -0.25) is 10.1 Å². The zero-order valence-electron chi connectivity index (χ0n) is 14.2. The first-order valence-electron chi connectivity index (χ1n) is 8.55. The second-order valence-electron chi connectivity index (χ2n) is 6.50. The SMILES string of the molecule is Cc1cc(N=Nc2ccccc2[N+](=O)[O-])c(O)c(C2CCCCC2)c1. The number of hydrogen-bond donors (Lipinski definition) is 1. The van der Waals surface area contributed by atoms with Gasteiger partial charge < -0.3 is 5.11 Å². The highest BCUT2D eigenvalue weighted by Crippen LogP contribution is 2.42. The molecule has 25 heavy (non-hydrogen) atoms. The minimum atomic E-state index is -0.488.